The second kappa shape index (κ2) is 10.3. The summed E-state index contributed by atoms with van der Waals surface area (Å²) >= 11 is 0. The third-order valence-electron chi connectivity index (χ3n) is 8.36. The number of rotatable bonds is 5. The standard InChI is InChI=1S/C33H38N4O2/c1-9-22-19(5)28-16-31-23(10-2)18(4)27(35-31)15-29-20(6)24(11-12-32(38)39-8)33(37-29)21(7)26-13-17(3)25(34-26)14-30(22)36-28/h13-16,35-36H,9-12H2,1-8H3. The first-order valence-corrected chi connectivity index (χ1v) is 13.8. The molecule has 0 spiro atoms. The van der Waals surface area contributed by atoms with Crippen LogP contribution >= 0.6 is 0 Å². The second-order valence-electron chi connectivity index (χ2n) is 10.6. The number of methoxy groups -OCH3 is 1. The minimum absolute atomic E-state index is 0.220. The molecule has 0 atom stereocenters. The van der Waals surface area contributed by atoms with Gasteiger partial charge < -0.3 is 14.7 Å². The smallest absolute Gasteiger partial charge is 0.305 e. The highest BCUT2D eigenvalue weighted by atomic mass is 16.5. The van der Waals surface area contributed by atoms with E-state index in [-0.39, 0.29) is 5.97 Å². The molecule has 3 aromatic heterocycles. The number of aromatic amines is 2. The zero-order valence-electron chi connectivity index (χ0n) is 24.3. The molecule has 8 bridgehead atoms. The Hall–Kier alpha value is -3.93. The maximum absolute atomic E-state index is 12.1. The number of carbonyl (C=O) groups is 1. The van der Waals surface area contributed by atoms with Crippen LogP contribution in [-0.2, 0) is 22.4 Å². The van der Waals surface area contributed by atoms with Gasteiger partial charge in [-0.25, -0.2) is 9.97 Å². The number of nitrogens with one attached hydrogen (secondary N) is 2. The Labute approximate surface area is 230 Å². The van der Waals surface area contributed by atoms with E-state index in [1.165, 1.54) is 29.4 Å². The number of H-pyrrole nitrogens is 2. The largest absolute Gasteiger partial charge is 0.469 e. The Morgan fingerprint density at radius 3 is 2.00 bits per heavy atom. The third kappa shape index (κ3) is 4.62. The molecule has 0 saturated heterocycles. The Balaban J connectivity index is 1.92. The van der Waals surface area contributed by atoms with Gasteiger partial charge in [-0.2, -0.15) is 0 Å². The van der Waals surface area contributed by atoms with Crippen LogP contribution < -0.4 is 0 Å². The lowest BCUT2D eigenvalue weighted by atomic mass is 9.98. The van der Waals surface area contributed by atoms with Crippen molar-refractivity contribution in [3.8, 4) is 0 Å². The van der Waals surface area contributed by atoms with E-state index in [1.807, 2.05) is 0 Å². The van der Waals surface area contributed by atoms with Crippen LogP contribution in [0.15, 0.2) is 18.2 Å². The molecule has 2 aliphatic heterocycles. The lowest BCUT2D eigenvalue weighted by Crippen LogP contribution is -2.01. The number of ether oxygens (including phenoxy) is 1. The molecular formula is C33H38N4O2. The molecule has 6 heteroatoms. The Kier molecular flexibility index (Phi) is 7.06. The quantitative estimate of drug-likeness (QED) is 0.335. The van der Waals surface area contributed by atoms with Gasteiger partial charge in [0.1, 0.15) is 0 Å². The van der Waals surface area contributed by atoms with E-state index in [2.05, 4.69) is 82.7 Å². The molecule has 6 nitrogen and oxygen atoms in total. The third-order valence-corrected chi connectivity index (χ3v) is 8.36. The molecule has 5 rings (SSSR count). The molecule has 0 amide bonds. The van der Waals surface area contributed by atoms with Gasteiger partial charge in [0, 0.05) is 34.1 Å². The highest BCUT2D eigenvalue weighted by Gasteiger charge is 2.22. The van der Waals surface area contributed by atoms with Crippen molar-refractivity contribution in [3.63, 3.8) is 0 Å². The molecular weight excluding hydrogens is 484 g/mol. The molecule has 39 heavy (non-hydrogen) atoms. The van der Waals surface area contributed by atoms with Gasteiger partial charge in [0.15, 0.2) is 0 Å². The number of hydrogen-bond donors (Lipinski definition) is 2. The Morgan fingerprint density at radius 1 is 0.795 bits per heavy atom. The van der Waals surface area contributed by atoms with E-state index in [4.69, 9.17) is 14.7 Å². The summed E-state index contributed by atoms with van der Waals surface area (Å²) in [5, 5.41) is 0. The van der Waals surface area contributed by atoms with E-state index >= 15 is 0 Å². The van der Waals surface area contributed by atoms with Gasteiger partial charge in [-0.1, -0.05) is 13.8 Å². The van der Waals surface area contributed by atoms with Crippen molar-refractivity contribution in [2.75, 3.05) is 7.11 Å². The Morgan fingerprint density at radius 2 is 1.38 bits per heavy atom. The topological polar surface area (TPSA) is 83.7 Å². The second-order valence-corrected chi connectivity index (χ2v) is 10.6. The van der Waals surface area contributed by atoms with Crippen LogP contribution in [0.5, 0.6) is 0 Å². The van der Waals surface area contributed by atoms with Gasteiger partial charge in [-0.15, -0.1) is 0 Å². The molecule has 3 aromatic rings. The maximum atomic E-state index is 12.1. The van der Waals surface area contributed by atoms with E-state index in [9.17, 15) is 4.79 Å². The summed E-state index contributed by atoms with van der Waals surface area (Å²) in [7, 11) is 1.43. The number of allylic oxidation sites excluding steroid dienone is 3. The minimum Gasteiger partial charge on any atom is -0.469 e. The van der Waals surface area contributed by atoms with Crippen molar-refractivity contribution < 1.29 is 9.53 Å². The van der Waals surface area contributed by atoms with Crippen LogP contribution in [0, 0.1) is 20.8 Å². The first kappa shape index (κ1) is 26.7. The van der Waals surface area contributed by atoms with Crippen molar-refractivity contribution in [3.05, 3.63) is 68.8 Å². The predicted molar refractivity (Wildman–Crippen MR) is 161 cm³/mol. The number of fused-ring (bicyclic) bond motifs is 8. The molecule has 0 unspecified atom stereocenters. The molecule has 2 N–H and O–H groups in total. The van der Waals surface area contributed by atoms with Gasteiger partial charge in [-0.05, 0) is 117 Å². The first-order valence-electron chi connectivity index (χ1n) is 13.8. The maximum Gasteiger partial charge on any atom is 0.305 e. The number of nitrogens with zero attached hydrogens (tertiary/aromatic N) is 2. The molecule has 5 heterocycles. The summed E-state index contributed by atoms with van der Waals surface area (Å²) in [5.41, 5.74) is 17.5. The van der Waals surface area contributed by atoms with Crippen LogP contribution in [0.1, 0.15) is 91.1 Å². The van der Waals surface area contributed by atoms with Gasteiger partial charge in [0.2, 0.25) is 0 Å². The van der Waals surface area contributed by atoms with E-state index in [1.54, 1.807) is 0 Å². The molecule has 0 aromatic carbocycles. The average molecular weight is 523 g/mol. The van der Waals surface area contributed by atoms with Crippen LogP contribution in [0.3, 0.4) is 0 Å². The van der Waals surface area contributed by atoms with Crippen molar-refractivity contribution >= 4 is 50.8 Å². The van der Waals surface area contributed by atoms with Gasteiger partial charge in [0.25, 0.3) is 0 Å². The lowest BCUT2D eigenvalue weighted by Gasteiger charge is -2.06. The summed E-state index contributed by atoms with van der Waals surface area (Å²) in [6.07, 6.45) is 4.88. The monoisotopic (exact) mass is 522 g/mol. The van der Waals surface area contributed by atoms with Crippen molar-refractivity contribution in [2.45, 2.75) is 74.1 Å². The van der Waals surface area contributed by atoms with Crippen molar-refractivity contribution in [1.29, 1.82) is 0 Å². The number of carbonyl (C=O) groups excluding carboxylic acids is 1. The molecule has 0 aliphatic carbocycles. The highest BCUT2D eigenvalue weighted by molar-refractivity contribution is 5.95. The summed E-state index contributed by atoms with van der Waals surface area (Å²) in [5.74, 6) is -0.220. The predicted octanol–water partition coefficient (Wildman–Crippen LogP) is 7.81. The van der Waals surface area contributed by atoms with Gasteiger partial charge >= 0.3 is 5.97 Å². The molecule has 202 valence electrons. The highest BCUT2D eigenvalue weighted by Crippen LogP contribution is 2.37. The normalized spacial score (nSPS) is 13.2. The van der Waals surface area contributed by atoms with Crippen LogP contribution in [0.4, 0.5) is 0 Å². The van der Waals surface area contributed by atoms with E-state index in [0.717, 1.165) is 80.0 Å². The van der Waals surface area contributed by atoms with Gasteiger partial charge in [0.05, 0.1) is 29.9 Å². The van der Waals surface area contributed by atoms with Crippen molar-refractivity contribution in [1.82, 2.24) is 19.9 Å². The number of aromatic nitrogens is 4. The fourth-order valence-electron chi connectivity index (χ4n) is 5.90. The summed E-state index contributed by atoms with van der Waals surface area (Å²) in [6, 6.07) is 6.57. The average Bonchev–Trinajstić information content (AvgIpc) is 3.61. The summed E-state index contributed by atoms with van der Waals surface area (Å²) in [4.78, 5) is 29.7. The lowest BCUT2D eigenvalue weighted by molar-refractivity contribution is -0.140. The zero-order chi connectivity index (χ0) is 28.0. The molecule has 2 aliphatic rings. The van der Waals surface area contributed by atoms with Crippen LogP contribution in [-0.4, -0.2) is 33.0 Å². The SMILES string of the molecule is CCc1c(C)c2cc3[nH]c(cc4nc(c(C)c5nc(cc1[nH]2)C(C)=C5)C(CCC(=O)OC)=C4C)c(C)c3CC. The van der Waals surface area contributed by atoms with Crippen LogP contribution in [0.2, 0.25) is 0 Å². The van der Waals surface area contributed by atoms with Crippen LogP contribution in [0.25, 0.3) is 44.9 Å². The first-order chi connectivity index (χ1) is 18.7. The van der Waals surface area contributed by atoms with E-state index < -0.39 is 0 Å². The zero-order valence-corrected chi connectivity index (χ0v) is 24.3. The number of esters is 1. The van der Waals surface area contributed by atoms with E-state index in [0.29, 0.717) is 12.8 Å². The molecule has 0 fully saturated rings. The molecule has 0 saturated carbocycles. The molecule has 0 radical (unpaired) electrons. The van der Waals surface area contributed by atoms with Gasteiger partial charge in [-0.3, -0.25) is 4.79 Å². The number of hydrogen-bond acceptors (Lipinski definition) is 4. The fourth-order valence-corrected chi connectivity index (χ4v) is 5.90. The summed E-state index contributed by atoms with van der Waals surface area (Å²) in [6.45, 7) is 15.1. The fraction of sp³-hybridized carbons (Fsp3) is 0.364. The minimum atomic E-state index is -0.220. The number of aryl methyl sites for hydroxylation is 4. The summed E-state index contributed by atoms with van der Waals surface area (Å²) < 4.78 is 4.94. The Bertz CT molecular complexity index is 1730. The van der Waals surface area contributed by atoms with Crippen molar-refractivity contribution in [2.24, 2.45) is 0 Å².